The summed E-state index contributed by atoms with van der Waals surface area (Å²) in [6.45, 7) is 1.45. The number of pyridine rings is 1. The van der Waals surface area contributed by atoms with Gasteiger partial charge in [-0.05, 0) is 19.1 Å². The lowest BCUT2D eigenvalue weighted by atomic mass is 10.1. The molecule has 100 valence electrons. The number of nitrogens with zero attached hydrogens (tertiary/aromatic N) is 1. The van der Waals surface area contributed by atoms with Crippen LogP contribution in [0.1, 0.15) is 5.69 Å². The second kappa shape index (κ2) is 4.49. The van der Waals surface area contributed by atoms with Gasteiger partial charge < -0.3 is 5.73 Å². The van der Waals surface area contributed by atoms with Crippen LogP contribution in [-0.4, -0.2) is 4.98 Å². The van der Waals surface area contributed by atoms with Gasteiger partial charge in [0.25, 0.3) is 0 Å². The number of nitrogen functional groups attached to an aromatic ring is 1. The van der Waals surface area contributed by atoms with Crippen LogP contribution in [0.3, 0.4) is 0 Å². The fraction of sp³-hybridized carbons (Fsp3) is 0.0833. The van der Waals surface area contributed by atoms with Gasteiger partial charge in [-0.2, -0.15) is 0 Å². The van der Waals surface area contributed by atoms with Crippen molar-refractivity contribution in [3.8, 4) is 11.3 Å². The first-order valence-electron chi connectivity index (χ1n) is 5.09. The van der Waals surface area contributed by atoms with Crippen LogP contribution in [0.15, 0.2) is 12.1 Å². The van der Waals surface area contributed by atoms with Crippen molar-refractivity contribution in [2.45, 2.75) is 6.92 Å². The third-order valence-electron chi connectivity index (χ3n) is 2.59. The Morgan fingerprint density at radius 1 is 0.842 bits per heavy atom. The predicted molar refractivity (Wildman–Crippen MR) is 58.6 cm³/mol. The van der Waals surface area contributed by atoms with Gasteiger partial charge >= 0.3 is 0 Å². The normalized spacial score (nSPS) is 10.8. The molecule has 0 bridgehead atoms. The van der Waals surface area contributed by atoms with E-state index in [0.717, 1.165) is 6.07 Å². The molecule has 2 aromatic rings. The van der Waals surface area contributed by atoms with Gasteiger partial charge in [0.15, 0.2) is 23.3 Å². The minimum atomic E-state index is -2.20. The highest BCUT2D eigenvalue weighted by Gasteiger charge is 2.27. The lowest BCUT2D eigenvalue weighted by Gasteiger charge is -2.09. The van der Waals surface area contributed by atoms with Crippen molar-refractivity contribution in [1.82, 2.24) is 4.98 Å². The van der Waals surface area contributed by atoms with Gasteiger partial charge in [-0.1, -0.05) is 0 Å². The Balaban J connectivity index is 2.79. The number of benzene rings is 1. The highest BCUT2D eigenvalue weighted by atomic mass is 19.2. The van der Waals surface area contributed by atoms with Crippen LogP contribution in [0, 0.1) is 36.0 Å². The van der Waals surface area contributed by atoms with E-state index in [0.29, 0.717) is 0 Å². The van der Waals surface area contributed by atoms with Crippen molar-refractivity contribution in [1.29, 1.82) is 0 Å². The van der Waals surface area contributed by atoms with Crippen LogP contribution >= 0.6 is 0 Å². The molecule has 7 heteroatoms. The minimum Gasteiger partial charge on any atom is -0.397 e. The van der Waals surface area contributed by atoms with Crippen molar-refractivity contribution in [3.63, 3.8) is 0 Å². The summed E-state index contributed by atoms with van der Waals surface area (Å²) in [6, 6.07) is 2.36. The van der Waals surface area contributed by atoms with E-state index in [4.69, 9.17) is 5.73 Å². The Morgan fingerprint density at radius 2 is 1.32 bits per heavy atom. The number of halogens is 5. The number of hydrogen-bond acceptors (Lipinski definition) is 2. The highest BCUT2D eigenvalue weighted by Crippen LogP contribution is 2.31. The molecule has 19 heavy (non-hydrogen) atoms. The van der Waals surface area contributed by atoms with Crippen LogP contribution in [0.25, 0.3) is 11.3 Å². The van der Waals surface area contributed by atoms with Gasteiger partial charge in [0.1, 0.15) is 0 Å². The molecule has 0 saturated heterocycles. The van der Waals surface area contributed by atoms with Crippen molar-refractivity contribution >= 4 is 5.69 Å². The van der Waals surface area contributed by atoms with Crippen molar-refractivity contribution in [3.05, 3.63) is 46.9 Å². The lowest BCUT2D eigenvalue weighted by Crippen LogP contribution is -2.05. The average molecular weight is 274 g/mol. The standard InChI is InChI=1S/C12H7F5N2/c1-4-5(18)2-3-6(19-4)7-8(13)10(15)12(17)11(16)9(7)14/h2-3H,18H2,1H3. The van der Waals surface area contributed by atoms with Crippen LogP contribution < -0.4 is 5.73 Å². The summed E-state index contributed by atoms with van der Waals surface area (Å²) in [5, 5.41) is 0. The zero-order valence-corrected chi connectivity index (χ0v) is 9.57. The molecule has 2 N–H and O–H groups in total. The molecule has 0 fully saturated rings. The minimum absolute atomic E-state index is 0.224. The Bertz CT molecular complexity index is 641. The summed E-state index contributed by atoms with van der Waals surface area (Å²) in [7, 11) is 0. The van der Waals surface area contributed by atoms with E-state index in [-0.39, 0.29) is 17.1 Å². The lowest BCUT2D eigenvalue weighted by molar-refractivity contribution is 0.381. The third-order valence-corrected chi connectivity index (χ3v) is 2.59. The molecule has 0 saturated carbocycles. The SMILES string of the molecule is Cc1nc(-c2c(F)c(F)c(F)c(F)c2F)ccc1N. The number of hydrogen-bond donors (Lipinski definition) is 1. The quantitative estimate of drug-likeness (QED) is 0.492. The molecule has 0 radical (unpaired) electrons. The van der Waals surface area contributed by atoms with Gasteiger partial charge in [0.05, 0.1) is 22.6 Å². The zero-order chi connectivity index (χ0) is 14.3. The Morgan fingerprint density at radius 3 is 1.79 bits per heavy atom. The third kappa shape index (κ3) is 2.00. The molecule has 0 atom stereocenters. The van der Waals surface area contributed by atoms with Crippen molar-refractivity contribution < 1.29 is 22.0 Å². The average Bonchev–Trinajstić information content (AvgIpc) is 2.38. The molecule has 0 aliphatic rings. The van der Waals surface area contributed by atoms with Crippen LogP contribution in [0.5, 0.6) is 0 Å². The molecule has 0 aliphatic carbocycles. The molecule has 0 aliphatic heterocycles. The van der Waals surface area contributed by atoms with Gasteiger partial charge in [-0.3, -0.25) is 4.98 Å². The van der Waals surface area contributed by atoms with E-state index in [2.05, 4.69) is 4.98 Å². The van der Waals surface area contributed by atoms with E-state index in [1.165, 1.54) is 13.0 Å². The van der Waals surface area contributed by atoms with Gasteiger partial charge in [-0.25, -0.2) is 22.0 Å². The Labute approximate surface area is 104 Å². The van der Waals surface area contributed by atoms with Crippen LogP contribution in [-0.2, 0) is 0 Å². The number of nitrogens with two attached hydrogens (primary N) is 1. The van der Waals surface area contributed by atoms with Crippen LogP contribution in [0.2, 0.25) is 0 Å². The molecule has 1 aromatic heterocycles. The summed E-state index contributed by atoms with van der Waals surface area (Å²) in [5.74, 6) is -10.1. The molecule has 0 unspecified atom stereocenters. The number of aryl methyl sites for hydroxylation is 1. The first-order chi connectivity index (χ1) is 8.84. The Hall–Kier alpha value is -2.18. The fourth-order valence-electron chi connectivity index (χ4n) is 1.54. The van der Waals surface area contributed by atoms with Gasteiger partial charge in [0, 0.05) is 0 Å². The largest absolute Gasteiger partial charge is 0.397 e. The summed E-state index contributed by atoms with van der Waals surface area (Å²) >= 11 is 0. The first-order valence-corrected chi connectivity index (χ1v) is 5.09. The van der Waals surface area contributed by atoms with Crippen molar-refractivity contribution in [2.75, 3.05) is 5.73 Å². The highest BCUT2D eigenvalue weighted by molar-refractivity contribution is 5.63. The van der Waals surface area contributed by atoms with E-state index in [1.54, 1.807) is 0 Å². The van der Waals surface area contributed by atoms with E-state index < -0.39 is 34.6 Å². The molecule has 2 rings (SSSR count). The zero-order valence-electron chi connectivity index (χ0n) is 9.57. The molecule has 2 nitrogen and oxygen atoms in total. The summed E-state index contributed by atoms with van der Waals surface area (Å²) < 4.78 is 66.1. The molecule has 0 amide bonds. The maximum absolute atomic E-state index is 13.5. The van der Waals surface area contributed by atoms with Gasteiger partial charge in [-0.15, -0.1) is 0 Å². The number of rotatable bonds is 1. The first kappa shape index (κ1) is 13.3. The topological polar surface area (TPSA) is 38.9 Å². The Kier molecular flexibility index (Phi) is 3.13. The van der Waals surface area contributed by atoms with E-state index >= 15 is 0 Å². The predicted octanol–water partition coefficient (Wildman–Crippen LogP) is 3.33. The second-order valence-electron chi connectivity index (χ2n) is 3.82. The van der Waals surface area contributed by atoms with E-state index in [1.807, 2.05) is 0 Å². The van der Waals surface area contributed by atoms with Crippen LogP contribution in [0.4, 0.5) is 27.6 Å². The molecule has 1 heterocycles. The molecular formula is C12H7F5N2. The molecule has 1 aromatic carbocycles. The monoisotopic (exact) mass is 274 g/mol. The number of aromatic nitrogens is 1. The summed E-state index contributed by atoms with van der Waals surface area (Å²) in [5.41, 5.74) is 4.49. The van der Waals surface area contributed by atoms with Gasteiger partial charge in [0.2, 0.25) is 5.82 Å². The maximum Gasteiger partial charge on any atom is 0.200 e. The second-order valence-corrected chi connectivity index (χ2v) is 3.82. The molecular weight excluding hydrogens is 267 g/mol. The smallest absolute Gasteiger partial charge is 0.200 e. The number of anilines is 1. The van der Waals surface area contributed by atoms with E-state index in [9.17, 15) is 22.0 Å². The summed E-state index contributed by atoms with van der Waals surface area (Å²) in [6.07, 6.45) is 0. The van der Waals surface area contributed by atoms with Crippen molar-refractivity contribution in [2.24, 2.45) is 0 Å². The fourth-order valence-corrected chi connectivity index (χ4v) is 1.54. The molecule has 0 spiro atoms. The summed E-state index contributed by atoms with van der Waals surface area (Å²) in [4.78, 5) is 3.72. The maximum atomic E-state index is 13.5.